The van der Waals surface area contributed by atoms with E-state index in [-0.39, 0.29) is 80.0 Å². The first-order valence-corrected chi connectivity index (χ1v) is 25.0. The fraction of sp³-hybridized carbons (Fsp3) is 0.480. The van der Waals surface area contributed by atoms with E-state index in [0.29, 0.717) is 43.9 Å². The fourth-order valence-electron chi connectivity index (χ4n) is 10.9. The van der Waals surface area contributed by atoms with Crippen molar-refractivity contribution in [3.63, 3.8) is 0 Å². The van der Waals surface area contributed by atoms with Gasteiger partial charge in [-0.1, -0.05) is 30.7 Å². The number of pyridine rings is 1. The Morgan fingerprint density at radius 1 is 1.00 bits per heavy atom. The van der Waals surface area contributed by atoms with Crippen molar-refractivity contribution in [2.45, 2.75) is 107 Å². The van der Waals surface area contributed by atoms with Crippen molar-refractivity contribution in [2.24, 2.45) is 16.5 Å². The number of sulfonamides is 1. The molecule has 14 nitrogen and oxygen atoms in total. The first kappa shape index (κ1) is 47.4. The minimum absolute atomic E-state index is 0.00190. The Hall–Kier alpha value is -5.72. The average Bonchev–Trinajstić information content (AvgIpc) is 3.93. The van der Waals surface area contributed by atoms with Crippen LogP contribution >= 0.6 is 0 Å². The summed E-state index contributed by atoms with van der Waals surface area (Å²) in [6, 6.07) is 17.2. The predicted molar refractivity (Wildman–Crippen MR) is 253 cm³/mol. The van der Waals surface area contributed by atoms with Crippen LogP contribution in [0.2, 0.25) is 0 Å². The molecule has 3 aromatic carbocycles. The third kappa shape index (κ3) is 9.77. The Balaban J connectivity index is 0.927. The van der Waals surface area contributed by atoms with E-state index in [1.165, 1.54) is 24.3 Å². The molecule has 2 saturated heterocycles. The van der Waals surface area contributed by atoms with Crippen molar-refractivity contribution in [2.75, 3.05) is 49.5 Å². The Labute approximate surface area is 394 Å². The molecular formula is C50H58F3N7O7S. The average molecular weight is 958 g/mol. The van der Waals surface area contributed by atoms with Crippen molar-refractivity contribution in [3.8, 4) is 17.4 Å². The molecule has 68 heavy (non-hydrogen) atoms. The van der Waals surface area contributed by atoms with Gasteiger partial charge in [-0.25, -0.2) is 26.3 Å². The summed E-state index contributed by atoms with van der Waals surface area (Å²) in [6.45, 7) is 8.36. The van der Waals surface area contributed by atoms with Gasteiger partial charge >= 0.3 is 0 Å². The van der Waals surface area contributed by atoms with Crippen LogP contribution in [-0.4, -0.2) is 85.3 Å². The second kappa shape index (κ2) is 18.6. The van der Waals surface area contributed by atoms with Gasteiger partial charge in [0.1, 0.15) is 22.9 Å². The number of ether oxygens (including phenoxy) is 2. The first-order chi connectivity index (χ1) is 32.4. The van der Waals surface area contributed by atoms with Gasteiger partial charge in [0.15, 0.2) is 5.75 Å². The van der Waals surface area contributed by atoms with E-state index in [2.05, 4.69) is 35.0 Å². The number of aromatic amines is 1. The zero-order chi connectivity index (χ0) is 48.0. The lowest BCUT2D eigenvalue weighted by Crippen LogP contribution is -2.63. The first-order valence-electron chi connectivity index (χ1n) is 23.5. The van der Waals surface area contributed by atoms with E-state index in [0.717, 1.165) is 82.8 Å². The highest BCUT2D eigenvalue weighted by Gasteiger charge is 2.50. The highest BCUT2D eigenvalue weighted by atomic mass is 32.2. The molecule has 4 heterocycles. The quantitative estimate of drug-likeness (QED) is 0.0734. The Bertz CT molecular complexity index is 2790. The van der Waals surface area contributed by atoms with Gasteiger partial charge in [-0.2, -0.15) is 4.98 Å². The summed E-state index contributed by atoms with van der Waals surface area (Å²) in [5.41, 5.74) is 1.22. The summed E-state index contributed by atoms with van der Waals surface area (Å²) in [5.74, 6) is -4.24. The lowest BCUT2D eigenvalue weighted by molar-refractivity contribution is -0.0499. The third-order valence-electron chi connectivity index (χ3n) is 14.7. The second-order valence-electron chi connectivity index (χ2n) is 19.5. The number of rotatable bonds is 15. The maximum absolute atomic E-state index is 14.9. The predicted octanol–water partition coefficient (Wildman–Crippen LogP) is 10.1. The minimum Gasteiger partial charge on any atom is -0.475 e. The Morgan fingerprint density at radius 3 is 2.47 bits per heavy atom. The number of amides is 1. The van der Waals surface area contributed by atoms with Gasteiger partial charge in [-0.15, -0.1) is 4.91 Å². The zero-order valence-electron chi connectivity index (χ0n) is 38.5. The molecule has 0 bridgehead atoms. The highest BCUT2D eigenvalue weighted by molar-refractivity contribution is 7.90. The molecular weight excluding hydrogens is 900 g/mol. The van der Waals surface area contributed by atoms with E-state index in [4.69, 9.17) is 9.47 Å². The summed E-state index contributed by atoms with van der Waals surface area (Å²) < 4.78 is 86.1. The maximum atomic E-state index is 14.9. The molecule has 2 saturated carbocycles. The zero-order valence-corrected chi connectivity index (χ0v) is 39.3. The lowest BCUT2D eigenvalue weighted by Gasteiger charge is -2.57. The number of anilines is 2. The Kier molecular flexibility index (Phi) is 13.0. The topological polar surface area (TPSA) is 179 Å². The number of carbonyl (C=O) groups excluding carboxylic acids is 1. The third-order valence-corrected chi connectivity index (χ3v) is 16.0. The molecule has 5 aromatic rings. The van der Waals surface area contributed by atoms with Gasteiger partial charge in [0.2, 0.25) is 0 Å². The molecule has 4 aliphatic rings. The number of nitrogens with one attached hydrogen (secondary N) is 3. The van der Waals surface area contributed by atoms with Crippen LogP contribution in [0.4, 0.5) is 30.2 Å². The van der Waals surface area contributed by atoms with Gasteiger partial charge in [-0.05, 0) is 124 Å². The molecule has 2 aliphatic heterocycles. The summed E-state index contributed by atoms with van der Waals surface area (Å²) in [7, 11) is -4.57. The van der Waals surface area contributed by atoms with Crippen LogP contribution in [0.3, 0.4) is 0 Å². The molecule has 0 unspecified atom stereocenters. The number of fused-ring (bicyclic) bond motifs is 1. The molecule has 4 fully saturated rings. The van der Waals surface area contributed by atoms with Crippen LogP contribution in [0.1, 0.15) is 106 Å². The SMILES string of the molecule is CCOc1nc2[nH]cc(F)c2cc1Oc1cc(N2CCC3(CC2)CN([C@H]2CCC[C@H]2c2ccccc2C(C)(F)F)C3)ccc1C(=O)NS(=O)(=O)c1ccc(NC[C@H]2CC[C@](C)(O)CC2)c(N=O)c1. The van der Waals surface area contributed by atoms with Crippen molar-refractivity contribution in [3.05, 3.63) is 100 Å². The van der Waals surface area contributed by atoms with E-state index < -0.39 is 33.3 Å². The number of aromatic nitrogens is 2. The number of halogens is 3. The normalized spacial score (nSPS) is 23.0. The smallest absolute Gasteiger partial charge is 0.270 e. The summed E-state index contributed by atoms with van der Waals surface area (Å²) in [6.07, 6.45) is 8.64. The number of nitrogens with zero attached hydrogens (tertiary/aromatic N) is 4. The number of likely N-dealkylation sites (tertiary alicyclic amines) is 1. The van der Waals surface area contributed by atoms with Gasteiger partial charge in [0.25, 0.3) is 27.7 Å². The van der Waals surface area contributed by atoms with Gasteiger partial charge in [0.05, 0.1) is 33.7 Å². The van der Waals surface area contributed by atoms with Crippen LogP contribution in [0, 0.1) is 22.1 Å². The largest absolute Gasteiger partial charge is 0.475 e. The van der Waals surface area contributed by atoms with Crippen LogP contribution < -0.4 is 24.4 Å². The van der Waals surface area contributed by atoms with Crippen LogP contribution in [0.25, 0.3) is 11.0 Å². The van der Waals surface area contributed by atoms with Crippen LogP contribution in [0.5, 0.6) is 17.4 Å². The number of nitroso groups, excluding NO2 is 1. The van der Waals surface area contributed by atoms with Crippen molar-refractivity contribution >= 4 is 44.0 Å². The molecule has 2 atom stereocenters. The monoisotopic (exact) mass is 957 g/mol. The molecule has 2 aliphatic carbocycles. The molecule has 2 aromatic heterocycles. The van der Waals surface area contributed by atoms with Crippen LogP contribution in [0.15, 0.2) is 83.0 Å². The molecule has 4 N–H and O–H groups in total. The lowest BCUT2D eigenvalue weighted by atomic mass is 9.70. The summed E-state index contributed by atoms with van der Waals surface area (Å²) in [4.78, 5) is 37.5. The molecule has 1 spiro atoms. The van der Waals surface area contributed by atoms with E-state index in [1.807, 2.05) is 19.1 Å². The van der Waals surface area contributed by atoms with Crippen molar-refractivity contribution in [1.29, 1.82) is 0 Å². The molecule has 362 valence electrons. The maximum Gasteiger partial charge on any atom is 0.270 e. The van der Waals surface area contributed by atoms with E-state index in [1.54, 1.807) is 31.2 Å². The van der Waals surface area contributed by atoms with Crippen molar-refractivity contribution < 1.29 is 41.0 Å². The van der Waals surface area contributed by atoms with E-state index in [9.17, 15) is 36.4 Å². The number of piperidine rings is 1. The molecule has 0 radical (unpaired) electrons. The van der Waals surface area contributed by atoms with Gasteiger partial charge < -0.3 is 29.8 Å². The molecule has 18 heteroatoms. The number of carbonyl (C=O) groups is 1. The van der Waals surface area contributed by atoms with Gasteiger partial charge in [0, 0.05) is 75.3 Å². The number of H-pyrrole nitrogens is 1. The molecule has 1 amide bonds. The standard InChI is InChI=1S/C50H58F3N7O7S/c1-4-66-47-44(26-37-39(51)28-55-45(37)56-47)67-43-24-32(59-22-20-50(21-23-59)29-60(30-50)42-11-7-9-35(42)34-8-5-6-10-38(34)49(3,52)53)12-14-36(43)46(61)58-68(64,65)33-13-15-40(41(25-33)57-63)54-27-31-16-18-48(2,62)19-17-31/h5-6,8,10,12-15,24-26,28,31,35,42,54,62H,4,7,9,11,16-23,27,29-30H2,1-3H3,(H,55,56)(H,58,61)/t31-,35-,42-,48-/m0/s1. The minimum atomic E-state index is -4.57. The van der Waals surface area contributed by atoms with E-state index >= 15 is 0 Å². The van der Waals surface area contributed by atoms with Crippen molar-refractivity contribution in [1.82, 2.24) is 19.6 Å². The van der Waals surface area contributed by atoms with Gasteiger partial charge in [-0.3, -0.25) is 9.69 Å². The number of hydrogen-bond acceptors (Lipinski definition) is 12. The van der Waals surface area contributed by atoms with Crippen LogP contribution in [-0.2, 0) is 15.9 Å². The number of alkyl halides is 2. The molecule has 9 rings (SSSR count). The summed E-state index contributed by atoms with van der Waals surface area (Å²) >= 11 is 0. The Morgan fingerprint density at radius 2 is 1.75 bits per heavy atom. The second-order valence-corrected chi connectivity index (χ2v) is 21.2. The number of hydrogen-bond donors (Lipinski definition) is 4. The fourth-order valence-corrected chi connectivity index (χ4v) is 11.8. The highest BCUT2D eigenvalue weighted by Crippen LogP contribution is 2.50. The summed E-state index contributed by atoms with van der Waals surface area (Å²) in [5, 5.41) is 16.7. The number of aliphatic hydroxyl groups is 1. The number of benzene rings is 3.